The third-order valence-electron chi connectivity index (χ3n) is 4.24. The van der Waals surface area contributed by atoms with Crippen LogP contribution in [0.2, 0.25) is 0 Å². The fraction of sp³-hybridized carbons (Fsp3) is 0.733. The monoisotopic (exact) mass is 284 g/mol. The molecule has 2 aliphatic heterocycles. The minimum absolute atomic E-state index is 0.0966. The average Bonchev–Trinajstić information content (AvgIpc) is 2.85. The van der Waals surface area contributed by atoms with Crippen LogP contribution >= 0.6 is 0 Å². The summed E-state index contributed by atoms with van der Waals surface area (Å²) >= 11 is 0. The molecule has 3 unspecified atom stereocenters. The van der Waals surface area contributed by atoms with Crippen molar-refractivity contribution < 1.29 is 13.2 Å². The molecule has 2 heterocycles. The molecule has 2 aliphatic rings. The molecule has 3 nitrogen and oxygen atoms in total. The molecule has 3 atom stereocenters. The Morgan fingerprint density at radius 2 is 2.21 bits per heavy atom. The van der Waals surface area contributed by atoms with Crippen molar-refractivity contribution in [3.63, 3.8) is 0 Å². The van der Waals surface area contributed by atoms with Gasteiger partial charge in [0, 0.05) is 0 Å². The first kappa shape index (κ1) is 14.8. The topological polar surface area (TPSA) is 46.7 Å². The van der Waals surface area contributed by atoms with Crippen LogP contribution in [0.4, 0.5) is 0 Å². The van der Waals surface area contributed by atoms with E-state index in [1.165, 1.54) is 5.57 Å². The highest BCUT2D eigenvalue weighted by Gasteiger charge is 2.53. The van der Waals surface area contributed by atoms with Gasteiger partial charge in [-0.1, -0.05) is 23.3 Å². The van der Waals surface area contributed by atoms with Crippen molar-refractivity contribution in [2.75, 3.05) is 5.75 Å². The number of sulfone groups is 1. The van der Waals surface area contributed by atoms with Crippen LogP contribution in [0.1, 0.15) is 47.0 Å². The zero-order chi connectivity index (χ0) is 14.3. The average molecular weight is 284 g/mol. The third kappa shape index (κ3) is 3.29. The van der Waals surface area contributed by atoms with Crippen molar-refractivity contribution >= 4 is 9.84 Å². The standard InChI is InChI=1S/C15H24O3S/c1-11(2)6-5-8-15(4)14(18-15)10-13-12(3)7-9-19(13,16)17/h6-7,13-14H,5,8-10H2,1-4H3. The third-order valence-corrected chi connectivity index (χ3v) is 6.30. The van der Waals surface area contributed by atoms with Gasteiger partial charge in [0.25, 0.3) is 0 Å². The van der Waals surface area contributed by atoms with E-state index in [9.17, 15) is 8.42 Å². The van der Waals surface area contributed by atoms with E-state index in [1.807, 2.05) is 13.0 Å². The molecule has 1 saturated heterocycles. The van der Waals surface area contributed by atoms with Crippen LogP contribution < -0.4 is 0 Å². The Hall–Kier alpha value is -0.610. The first-order chi connectivity index (χ1) is 8.74. The smallest absolute Gasteiger partial charge is 0.160 e. The van der Waals surface area contributed by atoms with E-state index >= 15 is 0 Å². The molecule has 2 rings (SSSR count). The first-order valence-corrected chi connectivity index (χ1v) is 8.65. The van der Waals surface area contributed by atoms with E-state index < -0.39 is 9.84 Å². The molecule has 0 aliphatic carbocycles. The molecule has 0 amide bonds. The van der Waals surface area contributed by atoms with Crippen molar-refractivity contribution in [3.05, 3.63) is 23.3 Å². The Balaban J connectivity index is 1.89. The molecule has 0 N–H and O–H groups in total. The summed E-state index contributed by atoms with van der Waals surface area (Å²) in [5, 5.41) is -0.317. The van der Waals surface area contributed by atoms with Gasteiger partial charge in [-0.25, -0.2) is 8.42 Å². The Kier molecular flexibility index (Phi) is 3.94. The van der Waals surface area contributed by atoms with E-state index in [2.05, 4.69) is 26.8 Å². The van der Waals surface area contributed by atoms with Gasteiger partial charge >= 0.3 is 0 Å². The number of hydrogen-bond donors (Lipinski definition) is 0. The Morgan fingerprint density at radius 3 is 2.74 bits per heavy atom. The Morgan fingerprint density at radius 1 is 1.53 bits per heavy atom. The van der Waals surface area contributed by atoms with E-state index in [0.717, 1.165) is 18.4 Å². The largest absolute Gasteiger partial charge is 0.366 e. The number of hydrogen-bond acceptors (Lipinski definition) is 3. The van der Waals surface area contributed by atoms with E-state index in [1.54, 1.807) is 0 Å². The van der Waals surface area contributed by atoms with Crippen molar-refractivity contribution in [3.8, 4) is 0 Å². The molecule has 0 radical (unpaired) electrons. The maximum absolute atomic E-state index is 11.9. The molecule has 0 saturated carbocycles. The molecule has 0 aromatic rings. The summed E-state index contributed by atoms with van der Waals surface area (Å²) in [6.45, 7) is 8.19. The summed E-state index contributed by atoms with van der Waals surface area (Å²) in [7, 11) is -2.96. The van der Waals surface area contributed by atoms with Gasteiger partial charge in [-0.05, 0) is 47.0 Å². The fourth-order valence-electron chi connectivity index (χ4n) is 2.76. The van der Waals surface area contributed by atoms with Gasteiger partial charge in [0.2, 0.25) is 0 Å². The maximum Gasteiger partial charge on any atom is 0.160 e. The lowest BCUT2D eigenvalue weighted by molar-refractivity contribution is 0.295. The molecule has 108 valence electrons. The molecule has 0 aromatic heterocycles. The van der Waals surface area contributed by atoms with Gasteiger partial charge < -0.3 is 4.74 Å². The second-order valence-electron chi connectivity index (χ2n) is 6.24. The highest BCUT2D eigenvalue weighted by atomic mass is 32.2. The predicted molar refractivity (Wildman–Crippen MR) is 77.9 cm³/mol. The number of epoxide rings is 1. The normalized spacial score (nSPS) is 35.9. The highest BCUT2D eigenvalue weighted by Crippen LogP contribution is 2.45. The van der Waals surface area contributed by atoms with Crippen LogP contribution in [0.25, 0.3) is 0 Å². The lowest BCUT2D eigenvalue weighted by Gasteiger charge is -2.11. The summed E-state index contributed by atoms with van der Waals surface area (Å²) in [6.07, 6.45) is 6.74. The van der Waals surface area contributed by atoms with E-state index in [4.69, 9.17) is 4.74 Å². The molecule has 19 heavy (non-hydrogen) atoms. The Labute approximate surface area is 116 Å². The predicted octanol–water partition coefficient (Wildman–Crippen LogP) is 3.02. The van der Waals surface area contributed by atoms with Crippen LogP contribution in [-0.2, 0) is 14.6 Å². The zero-order valence-electron chi connectivity index (χ0n) is 12.3. The summed E-state index contributed by atoms with van der Waals surface area (Å²) in [5.74, 6) is 0.199. The first-order valence-electron chi connectivity index (χ1n) is 6.94. The second-order valence-corrected chi connectivity index (χ2v) is 8.47. The maximum atomic E-state index is 11.9. The summed E-state index contributed by atoms with van der Waals surface area (Å²) in [4.78, 5) is 0. The van der Waals surface area contributed by atoms with Crippen molar-refractivity contribution in [2.24, 2.45) is 0 Å². The molecular formula is C15H24O3S. The molecule has 0 spiro atoms. The minimum Gasteiger partial charge on any atom is -0.366 e. The van der Waals surface area contributed by atoms with Crippen molar-refractivity contribution in [1.82, 2.24) is 0 Å². The van der Waals surface area contributed by atoms with Crippen LogP contribution in [-0.4, -0.2) is 31.1 Å². The van der Waals surface area contributed by atoms with Gasteiger partial charge in [-0.2, -0.15) is 0 Å². The highest BCUT2D eigenvalue weighted by molar-refractivity contribution is 7.92. The van der Waals surface area contributed by atoms with Gasteiger partial charge in [0.1, 0.15) is 0 Å². The summed E-state index contributed by atoms with van der Waals surface area (Å²) in [5.41, 5.74) is 2.18. The summed E-state index contributed by atoms with van der Waals surface area (Å²) in [6, 6.07) is 0. The van der Waals surface area contributed by atoms with Gasteiger partial charge in [-0.3, -0.25) is 0 Å². The van der Waals surface area contributed by atoms with Gasteiger partial charge in [0.05, 0.1) is 22.7 Å². The van der Waals surface area contributed by atoms with Crippen molar-refractivity contribution in [1.29, 1.82) is 0 Å². The van der Waals surface area contributed by atoms with E-state index in [0.29, 0.717) is 6.42 Å². The Bertz CT molecular complexity index is 512. The van der Waals surface area contributed by atoms with Crippen LogP contribution in [0.3, 0.4) is 0 Å². The van der Waals surface area contributed by atoms with E-state index in [-0.39, 0.29) is 22.7 Å². The zero-order valence-corrected chi connectivity index (χ0v) is 13.1. The number of allylic oxidation sites excluding steroid dienone is 2. The van der Waals surface area contributed by atoms with Crippen LogP contribution in [0.15, 0.2) is 23.3 Å². The number of ether oxygens (including phenoxy) is 1. The minimum atomic E-state index is -2.96. The van der Waals surface area contributed by atoms with Crippen LogP contribution in [0.5, 0.6) is 0 Å². The molecular weight excluding hydrogens is 260 g/mol. The second kappa shape index (κ2) is 5.06. The number of rotatable bonds is 5. The molecule has 0 bridgehead atoms. The molecule has 1 fully saturated rings. The fourth-order valence-corrected chi connectivity index (χ4v) is 4.62. The van der Waals surface area contributed by atoms with Gasteiger partial charge in [0.15, 0.2) is 9.84 Å². The SMILES string of the molecule is CC(C)=CCCC1(C)OC1CC1C(C)=CCS1(=O)=O. The molecule has 0 aromatic carbocycles. The molecule has 4 heteroatoms. The van der Waals surface area contributed by atoms with Crippen molar-refractivity contribution in [2.45, 2.75) is 63.9 Å². The summed E-state index contributed by atoms with van der Waals surface area (Å²) < 4.78 is 29.6. The lowest BCUT2D eigenvalue weighted by atomic mass is 9.96. The quantitative estimate of drug-likeness (QED) is 0.576. The van der Waals surface area contributed by atoms with Crippen LogP contribution in [0, 0.1) is 0 Å². The van der Waals surface area contributed by atoms with Gasteiger partial charge in [-0.15, -0.1) is 0 Å². The lowest BCUT2D eigenvalue weighted by Crippen LogP contribution is -2.23.